The van der Waals surface area contributed by atoms with Crippen molar-refractivity contribution in [2.45, 2.75) is 64.1 Å². The molecule has 4 nitrogen and oxygen atoms in total. The number of rotatable bonds is 8. The molecule has 1 aliphatic carbocycles. The molecule has 124 valence electrons. The molecule has 3 atom stereocenters. The van der Waals surface area contributed by atoms with Crippen LogP contribution in [0.1, 0.15) is 51.9 Å². The van der Waals surface area contributed by atoms with Gasteiger partial charge in [-0.2, -0.15) is 0 Å². The molecular formula is C17H34N2O2. The van der Waals surface area contributed by atoms with Gasteiger partial charge < -0.3 is 20.1 Å². The minimum Gasteiger partial charge on any atom is -0.389 e. The van der Waals surface area contributed by atoms with Gasteiger partial charge in [0.15, 0.2) is 0 Å². The Morgan fingerprint density at radius 3 is 2.76 bits per heavy atom. The lowest BCUT2D eigenvalue weighted by atomic mass is 9.89. The van der Waals surface area contributed by atoms with Crippen LogP contribution in [0.15, 0.2) is 0 Å². The van der Waals surface area contributed by atoms with Crippen molar-refractivity contribution in [1.29, 1.82) is 0 Å². The molecule has 1 saturated carbocycles. The molecule has 2 fully saturated rings. The SMILES string of the molecule is CC1CCCC(OCC(O)CNCCN2CCCCC2)C1. The highest BCUT2D eigenvalue weighted by Gasteiger charge is 2.20. The summed E-state index contributed by atoms with van der Waals surface area (Å²) < 4.78 is 5.86. The molecule has 2 N–H and O–H groups in total. The summed E-state index contributed by atoms with van der Waals surface area (Å²) in [7, 11) is 0. The quantitative estimate of drug-likeness (QED) is 0.673. The molecule has 3 unspecified atom stereocenters. The maximum absolute atomic E-state index is 9.98. The van der Waals surface area contributed by atoms with Crippen LogP contribution in [0.25, 0.3) is 0 Å². The van der Waals surface area contributed by atoms with E-state index in [2.05, 4.69) is 17.1 Å². The minimum atomic E-state index is -0.372. The topological polar surface area (TPSA) is 44.7 Å². The lowest BCUT2D eigenvalue weighted by Crippen LogP contribution is -2.39. The van der Waals surface area contributed by atoms with Crippen molar-refractivity contribution in [1.82, 2.24) is 10.2 Å². The molecule has 1 heterocycles. The Bertz CT molecular complexity index is 270. The number of aliphatic hydroxyl groups is 1. The Labute approximate surface area is 130 Å². The van der Waals surface area contributed by atoms with Crippen LogP contribution in [-0.4, -0.2) is 61.5 Å². The van der Waals surface area contributed by atoms with Gasteiger partial charge in [-0.25, -0.2) is 0 Å². The van der Waals surface area contributed by atoms with Crippen LogP contribution < -0.4 is 5.32 Å². The Hall–Kier alpha value is -0.160. The van der Waals surface area contributed by atoms with E-state index in [4.69, 9.17) is 4.74 Å². The van der Waals surface area contributed by atoms with E-state index in [0.717, 1.165) is 25.4 Å². The molecule has 0 radical (unpaired) electrons. The lowest BCUT2D eigenvalue weighted by Gasteiger charge is -2.28. The van der Waals surface area contributed by atoms with Crippen molar-refractivity contribution < 1.29 is 9.84 Å². The maximum Gasteiger partial charge on any atom is 0.0897 e. The predicted octanol–water partition coefficient (Wildman–Crippen LogP) is 2.02. The number of piperidine rings is 1. The first kappa shape index (κ1) is 17.2. The first-order chi connectivity index (χ1) is 10.2. The fourth-order valence-corrected chi connectivity index (χ4v) is 3.52. The molecule has 0 aromatic heterocycles. The van der Waals surface area contributed by atoms with E-state index in [-0.39, 0.29) is 6.10 Å². The van der Waals surface area contributed by atoms with Crippen molar-refractivity contribution >= 4 is 0 Å². The number of ether oxygens (including phenoxy) is 1. The molecule has 0 aromatic carbocycles. The van der Waals surface area contributed by atoms with E-state index in [9.17, 15) is 5.11 Å². The third-order valence-corrected chi connectivity index (χ3v) is 4.85. The summed E-state index contributed by atoms with van der Waals surface area (Å²) in [6.07, 6.45) is 9.01. The highest BCUT2D eigenvalue weighted by atomic mass is 16.5. The van der Waals surface area contributed by atoms with Crippen molar-refractivity contribution in [2.75, 3.05) is 39.3 Å². The average molecular weight is 298 g/mol. The molecular weight excluding hydrogens is 264 g/mol. The zero-order valence-corrected chi connectivity index (χ0v) is 13.7. The van der Waals surface area contributed by atoms with Crippen LogP contribution in [0.3, 0.4) is 0 Å². The second kappa shape index (κ2) is 9.78. The molecule has 2 aliphatic rings. The summed E-state index contributed by atoms with van der Waals surface area (Å²) in [5, 5.41) is 13.3. The minimum absolute atomic E-state index is 0.372. The van der Waals surface area contributed by atoms with Crippen molar-refractivity contribution in [3.05, 3.63) is 0 Å². The van der Waals surface area contributed by atoms with Crippen LogP contribution in [0.4, 0.5) is 0 Å². The van der Waals surface area contributed by atoms with Crippen LogP contribution in [0.5, 0.6) is 0 Å². The molecule has 21 heavy (non-hydrogen) atoms. The zero-order valence-electron chi connectivity index (χ0n) is 13.7. The van der Waals surface area contributed by atoms with Gasteiger partial charge in [-0.15, -0.1) is 0 Å². The van der Waals surface area contributed by atoms with Crippen molar-refractivity contribution in [3.8, 4) is 0 Å². The Morgan fingerprint density at radius 2 is 2.00 bits per heavy atom. The smallest absolute Gasteiger partial charge is 0.0897 e. The Balaban J connectivity index is 1.46. The molecule has 2 rings (SSSR count). The van der Waals surface area contributed by atoms with Gasteiger partial charge in [-0.1, -0.05) is 26.2 Å². The molecule has 0 spiro atoms. The second-order valence-electron chi connectivity index (χ2n) is 6.99. The summed E-state index contributed by atoms with van der Waals surface area (Å²) in [4.78, 5) is 2.52. The van der Waals surface area contributed by atoms with Crippen LogP contribution in [0, 0.1) is 5.92 Å². The van der Waals surface area contributed by atoms with E-state index in [0.29, 0.717) is 19.3 Å². The third-order valence-electron chi connectivity index (χ3n) is 4.85. The van der Waals surface area contributed by atoms with Gasteiger partial charge >= 0.3 is 0 Å². The fraction of sp³-hybridized carbons (Fsp3) is 1.00. The second-order valence-corrected chi connectivity index (χ2v) is 6.99. The van der Waals surface area contributed by atoms with Gasteiger partial charge in [0.05, 0.1) is 18.8 Å². The average Bonchev–Trinajstić information content (AvgIpc) is 2.51. The van der Waals surface area contributed by atoms with Gasteiger partial charge in [-0.05, 0) is 44.7 Å². The Kier molecular flexibility index (Phi) is 8.01. The number of nitrogens with one attached hydrogen (secondary N) is 1. The highest BCUT2D eigenvalue weighted by molar-refractivity contribution is 4.72. The summed E-state index contributed by atoms with van der Waals surface area (Å²) >= 11 is 0. The van der Waals surface area contributed by atoms with Crippen LogP contribution in [0.2, 0.25) is 0 Å². The summed E-state index contributed by atoms with van der Waals surface area (Å²) in [6.45, 7) is 7.99. The molecule has 0 amide bonds. The van der Waals surface area contributed by atoms with Gasteiger partial charge in [0, 0.05) is 19.6 Å². The Morgan fingerprint density at radius 1 is 1.19 bits per heavy atom. The van der Waals surface area contributed by atoms with Crippen LogP contribution in [-0.2, 0) is 4.74 Å². The number of nitrogens with zero attached hydrogens (tertiary/aromatic N) is 1. The zero-order chi connectivity index (χ0) is 14.9. The van der Waals surface area contributed by atoms with Crippen LogP contribution >= 0.6 is 0 Å². The van der Waals surface area contributed by atoms with Crippen molar-refractivity contribution in [2.24, 2.45) is 5.92 Å². The van der Waals surface area contributed by atoms with E-state index in [1.165, 1.54) is 51.6 Å². The summed E-state index contributed by atoms with van der Waals surface area (Å²) in [5.41, 5.74) is 0. The molecule has 1 saturated heterocycles. The molecule has 1 aliphatic heterocycles. The monoisotopic (exact) mass is 298 g/mol. The number of hydrogen-bond acceptors (Lipinski definition) is 4. The number of likely N-dealkylation sites (tertiary alicyclic amines) is 1. The van der Waals surface area contributed by atoms with E-state index < -0.39 is 0 Å². The number of hydrogen-bond donors (Lipinski definition) is 2. The predicted molar refractivity (Wildman–Crippen MR) is 86.5 cm³/mol. The van der Waals surface area contributed by atoms with E-state index >= 15 is 0 Å². The van der Waals surface area contributed by atoms with Gasteiger partial charge in [-0.3, -0.25) is 0 Å². The molecule has 0 bridgehead atoms. The first-order valence-corrected chi connectivity index (χ1v) is 8.97. The largest absolute Gasteiger partial charge is 0.389 e. The normalized spacial score (nSPS) is 29.4. The first-order valence-electron chi connectivity index (χ1n) is 8.97. The standard InChI is InChI=1S/C17H34N2O2/c1-15-6-5-7-17(12-15)21-14-16(20)13-18-8-11-19-9-3-2-4-10-19/h15-18,20H,2-14H2,1H3. The molecule has 0 aromatic rings. The van der Waals surface area contributed by atoms with Crippen molar-refractivity contribution in [3.63, 3.8) is 0 Å². The number of aliphatic hydroxyl groups excluding tert-OH is 1. The van der Waals surface area contributed by atoms with Gasteiger partial charge in [0.2, 0.25) is 0 Å². The maximum atomic E-state index is 9.98. The van der Waals surface area contributed by atoms with E-state index in [1.807, 2.05) is 0 Å². The summed E-state index contributed by atoms with van der Waals surface area (Å²) in [6, 6.07) is 0. The van der Waals surface area contributed by atoms with Gasteiger partial charge in [0.1, 0.15) is 0 Å². The fourth-order valence-electron chi connectivity index (χ4n) is 3.52. The highest BCUT2D eigenvalue weighted by Crippen LogP contribution is 2.25. The summed E-state index contributed by atoms with van der Waals surface area (Å²) in [5.74, 6) is 0.781. The third kappa shape index (κ3) is 7.09. The lowest BCUT2D eigenvalue weighted by molar-refractivity contribution is -0.0306. The van der Waals surface area contributed by atoms with Gasteiger partial charge in [0.25, 0.3) is 0 Å². The van der Waals surface area contributed by atoms with E-state index in [1.54, 1.807) is 0 Å². The molecule has 4 heteroatoms.